The predicted octanol–water partition coefficient (Wildman–Crippen LogP) is 1.34. The van der Waals surface area contributed by atoms with Gasteiger partial charge in [-0.2, -0.15) is 9.61 Å². The molecule has 16 heavy (non-hydrogen) atoms. The van der Waals surface area contributed by atoms with Crippen LogP contribution in [0.15, 0.2) is 0 Å². The first-order valence-electron chi connectivity index (χ1n) is 5.74. The van der Waals surface area contributed by atoms with Crippen molar-refractivity contribution >= 4 is 16.3 Å². The van der Waals surface area contributed by atoms with Crippen molar-refractivity contribution in [3.63, 3.8) is 0 Å². The molecule has 1 aliphatic rings. The molecule has 1 aliphatic carbocycles. The van der Waals surface area contributed by atoms with Crippen molar-refractivity contribution in [3.8, 4) is 0 Å². The number of nitrogens with zero attached hydrogens (tertiary/aromatic N) is 4. The van der Waals surface area contributed by atoms with E-state index in [1.807, 2.05) is 4.52 Å². The van der Waals surface area contributed by atoms with Crippen LogP contribution in [0.3, 0.4) is 0 Å². The van der Waals surface area contributed by atoms with Crippen LogP contribution >= 0.6 is 11.3 Å². The number of rotatable bonds is 4. The molecule has 2 aromatic heterocycles. The van der Waals surface area contributed by atoms with Crippen molar-refractivity contribution in [1.29, 1.82) is 0 Å². The summed E-state index contributed by atoms with van der Waals surface area (Å²) in [6.07, 6.45) is 4.27. The summed E-state index contributed by atoms with van der Waals surface area (Å²) in [4.78, 5) is 0.903. The quantitative estimate of drug-likeness (QED) is 0.871. The van der Waals surface area contributed by atoms with Crippen molar-refractivity contribution in [2.75, 3.05) is 0 Å². The van der Waals surface area contributed by atoms with Crippen molar-refractivity contribution in [3.05, 3.63) is 10.8 Å². The fraction of sp³-hybridized carbons (Fsp3) is 0.700. The van der Waals surface area contributed by atoms with E-state index in [1.165, 1.54) is 12.8 Å². The Morgan fingerprint density at radius 2 is 2.31 bits per heavy atom. The SMILES string of the molecule is CCC(N)Cc1nn2c(C3CC3)nnc2s1. The second kappa shape index (κ2) is 3.78. The lowest BCUT2D eigenvalue weighted by Crippen LogP contribution is -2.21. The Morgan fingerprint density at radius 3 is 3.00 bits per heavy atom. The lowest BCUT2D eigenvalue weighted by atomic mass is 10.2. The molecule has 86 valence electrons. The van der Waals surface area contributed by atoms with Gasteiger partial charge < -0.3 is 5.73 Å². The average molecular weight is 237 g/mol. The zero-order valence-electron chi connectivity index (χ0n) is 9.26. The van der Waals surface area contributed by atoms with Crippen LogP contribution in [0.25, 0.3) is 4.96 Å². The standard InChI is InChI=1S/C10H15N5S/c1-2-7(11)5-8-14-15-9(6-3-4-6)12-13-10(15)16-8/h6-7H,2-5,11H2,1H3. The molecule has 2 heterocycles. The highest BCUT2D eigenvalue weighted by atomic mass is 32.1. The lowest BCUT2D eigenvalue weighted by molar-refractivity contribution is 0.635. The molecular formula is C10H15N5S. The number of hydrogen-bond donors (Lipinski definition) is 1. The number of fused-ring (bicyclic) bond motifs is 1. The monoisotopic (exact) mass is 237 g/mol. The molecule has 2 aromatic rings. The maximum Gasteiger partial charge on any atom is 0.234 e. The van der Waals surface area contributed by atoms with E-state index < -0.39 is 0 Å². The van der Waals surface area contributed by atoms with Crippen LogP contribution in [0, 0.1) is 0 Å². The van der Waals surface area contributed by atoms with Gasteiger partial charge in [0.1, 0.15) is 5.01 Å². The Labute approximate surface area is 97.7 Å². The zero-order valence-corrected chi connectivity index (χ0v) is 10.1. The highest BCUT2D eigenvalue weighted by molar-refractivity contribution is 7.16. The number of nitrogens with two attached hydrogens (primary N) is 1. The number of aromatic nitrogens is 4. The van der Waals surface area contributed by atoms with Gasteiger partial charge in [-0.1, -0.05) is 18.3 Å². The van der Waals surface area contributed by atoms with Crippen molar-refractivity contribution < 1.29 is 0 Å². The zero-order chi connectivity index (χ0) is 11.1. The fourth-order valence-electron chi connectivity index (χ4n) is 1.72. The summed E-state index contributed by atoms with van der Waals surface area (Å²) in [5.41, 5.74) is 5.93. The molecule has 1 saturated carbocycles. The van der Waals surface area contributed by atoms with E-state index in [-0.39, 0.29) is 6.04 Å². The molecule has 1 atom stereocenters. The minimum Gasteiger partial charge on any atom is -0.327 e. The minimum atomic E-state index is 0.202. The molecule has 0 aliphatic heterocycles. The van der Waals surface area contributed by atoms with Gasteiger partial charge in [-0.15, -0.1) is 10.2 Å². The van der Waals surface area contributed by atoms with Crippen LogP contribution in [0.1, 0.15) is 42.9 Å². The molecule has 1 fully saturated rings. The molecule has 0 radical (unpaired) electrons. The molecule has 0 aromatic carbocycles. The molecule has 2 N–H and O–H groups in total. The average Bonchev–Trinajstić information content (AvgIpc) is 2.92. The first-order chi connectivity index (χ1) is 7.78. The molecular weight excluding hydrogens is 222 g/mol. The summed E-state index contributed by atoms with van der Waals surface area (Å²) in [7, 11) is 0. The van der Waals surface area contributed by atoms with Crippen molar-refractivity contribution in [2.45, 2.75) is 44.6 Å². The Kier molecular flexibility index (Phi) is 2.40. The Hall–Kier alpha value is -1.01. The molecule has 6 heteroatoms. The van der Waals surface area contributed by atoms with Gasteiger partial charge in [0.15, 0.2) is 5.82 Å². The van der Waals surface area contributed by atoms with Gasteiger partial charge in [-0.05, 0) is 19.3 Å². The summed E-state index contributed by atoms with van der Waals surface area (Å²) < 4.78 is 1.90. The molecule has 0 saturated heterocycles. The van der Waals surface area contributed by atoms with Gasteiger partial charge in [-0.3, -0.25) is 0 Å². The largest absolute Gasteiger partial charge is 0.327 e. The third-order valence-electron chi connectivity index (χ3n) is 2.96. The summed E-state index contributed by atoms with van der Waals surface area (Å²) >= 11 is 1.61. The van der Waals surface area contributed by atoms with Gasteiger partial charge in [0.05, 0.1) is 0 Å². The first kappa shape index (κ1) is 10.2. The minimum absolute atomic E-state index is 0.202. The summed E-state index contributed by atoms with van der Waals surface area (Å²) in [6.45, 7) is 2.10. The highest BCUT2D eigenvalue weighted by Gasteiger charge is 2.30. The third-order valence-corrected chi connectivity index (χ3v) is 3.88. The van der Waals surface area contributed by atoms with Gasteiger partial charge >= 0.3 is 0 Å². The normalized spacial score (nSPS) is 18.1. The molecule has 5 nitrogen and oxygen atoms in total. The predicted molar refractivity (Wildman–Crippen MR) is 62.6 cm³/mol. The molecule has 0 amide bonds. The van der Waals surface area contributed by atoms with Gasteiger partial charge in [0.2, 0.25) is 4.96 Å². The van der Waals surface area contributed by atoms with Crippen molar-refractivity contribution in [1.82, 2.24) is 19.8 Å². The molecule has 0 spiro atoms. The van der Waals surface area contributed by atoms with Gasteiger partial charge in [-0.25, -0.2) is 0 Å². The second-order valence-electron chi connectivity index (χ2n) is 4.40. The highest BCUT2D eigenvalue weighted by Crippen LogP contribution is 2.39. The maximum absolute atomic E-state index is 5.93. The van der Waals surface area contributed by atoms with E-state index >= 15 is 0 Å². The van der Waals surface area contributed by atoms with Crippen molar-refractivity contribution in [2.24, 2.45) is 5.73 Å². The van der Waals surface area contributed by atoms with E-state index in [2.05, 4.69) is 22.2 Å². The van der Waals surface area contributed by atoms with E-state index in [0.717, 1.165) is 28.6 Å². The van der Waals surface area contributed by atoms with Crippen LogP contribution < -0.4 is 5.73 Å². The fourth-order valence-corrected chi connectivity index (χ4v) is 2.65. The van der Waals surface area contributed by atoms with E-state index in [4.69, 9.17) is 5.73 Å². The second-order valence-corrected chi connectivity index (χ2v) is 5.44. The third kappa shape index (κ3) is 1.72. The Bertz CT molecular complexity index is 498. The van der Waals surface area contributed by atoms with Crippen LogP contribution in [-0.4, -0.2) is 25.9 Å². The topological polar surface area (TPSA) is 69.1 Å². The van der Waals surface area contributed by atoms with E-state index in [1.54, 1.807) is 11.3 Å². The van der Waals surface area contributed by atoms with E-state index in [0.29, 0.717) is 5.92 Å². The summed E-state index contributed by atoms with van der Waals surface area (Å²) in [6, 6.07) is 0.202. The van der Waals surface area contributed by atoms with Gasteiger partial charge in [0, 0.05) is 18.4 Å². The lowest BCUT2D eigenvalue weighted by Gasteiger charge is -2.03. The molecule has 0 bridgehead atoms. The molecule has 3 rings (SSSR count). The Balaban J connectivity index is 1.90. The Morgan fingerprint density at radius 1 is 1.50 bits per heavy atom. The van der Waals surface area contributed by atoms with Crippen LogP contribution in [0.4, 0.5) is 0 Å². The summed E-state index contributed by atoms with van der Waals surface area (Å²) in [5, 5.41) is 14.0. The summed E-state index contributed by atoms with van der Waals surface area (Å²) in [5.74, 6) is 1.62. The van der Waals surface area contributed by atoms with Crippen LogP contribution in [0.2, 0.25) is 0 Å². The smallest absolute Gasteiger partial charge is 0.234 e. The van der Waals surface area contributed by atoms with Crippen LogP contribution in [-0.2, 0) is 6.42 Å². The first-order valence-corrected chi connectivity index (χ1v) is 6.56. The van der Waals surface area contributed by atoms with E-state index in [9.17, 15) is 0 Å². The molecule has 1 unspecified atom stereocenters. The number of hydrogen-bond acceptors (Lipinski definition) is 5. The van der Waals surface area contributed by atoms with Gasteiger partial charge in [0.25, 0.3) is 0 Å². The van der Waals surface area contributed by atoms with Crippen LogP contribution in [0.5, 0.6) is 0 Å². The maximum atomic E-state index is 5.93.